The minimum absolute atomic E-state index is 0.144. The molecule has 2 rings (SSSR count). The summed E-state index contributed by atoms with van der Waals surface area (Å²) in [4.78, 5) is 37.5. The van der Waals surface area contributed by atoms with E-state index in [4.69, 9.17) is 16.3 Å². The lowest BCUT2D eigenvalue weighted by molar-refractivity contribution is -0.136. The van der Waals surface area contributed by atoms with Crippen molar-refractivity contribution >= 4 is 46.4 Å². The number of benzene rings is 1. The lowest BCUT2D eigenvalue weighted by Gasteiger charge is -2.17. The Balaban J connectivity index is 1.83. The number of likely N-dealkylation sites (N-methyl/N-ethyl adjacent to an activating group) is 1. The molecule has 1 heterocycles. The number of aryl methyl sites for hydroxylation is 2. The smallest absolute Gasteiger partial charge is 0.348 e. The van der Waals surface area contributed by atoms with E-state index in [1.54, 1.807) is 6.07 Å². The molecule has 0 unspecified atom stereocenters. The molecule has 0 fully saturated rings. The predicted molar refractivity (Wildman–Crippen MR) is 102 cm³/mol. The van der Waals surface area contributed by atoms with Gasteiger partial charge in [-0.05, 0) is 43.2 Å². The number of amides is 2. The van der Waals surface area contributed by atoms with E-state index in [0.717, 1.165) is 22.5 Å². The minimum Gasteiger partial charge on any atom is -0.451 e. The molecule has 138 valence electrons. The Hall–Kier alpha value is -2.38. The first kappa shape index (κ1) is 19.9. The fraction of sp³-hybridized carbons (Fsp3) is 0.278. The van der Waals surface area contributed by atoms with Crippen LogP contribution >= 0.6 is 22.9 Å². The number of rotatable bonds is 6. The van der Waals surface area contributed by atoms with Gasteiger partial charge in [0.15, 0.2) is 6.61 Å². The Bertz CT molecular complexity index is 834. The van der Waals surface area contributed by atoms with Crippen LogP contribution in [0.2, 0.25) is 4.34 Å². The van der Waals surface area contributed by atoms with E-state index in [9.17, 15) is 14.4 Å². The number of thiophene rings is 1. The topological polar surface area (TPSA) is 75.7 Å². The van der Waals surface area contributed by atoms with Gasteiger partial charge in [0.2, 0.25) is 5.91 Å². The second-order valence-electron chi connectivity index (χ2n) is 5.80. The maximum atomic E-state index is 12.1. The van der Waals surface area contributed by atoms with Crippen LogP contribution in [0.3, 0.4) is 0 Å². The van der Waals surface area contributed by atoms with Gasteiger partial charge in [-0.3, -0.25) is 9.59 Å². The van der Waals surface area contributed by atoms with Crippen molar-refractivity contribution in [2.75, 3.05) is 25.5 Å². The lowest BCUT2D eigenvalue weighted by Crippen LogP contribution is -2.37. The van der Waals surface area contributed by atoms with Crippen molar-refractivity contribution in [2.24, 2.45) is 0 Å². The molecule has 0 radical (unpaired) electrons. The fourth-order valence-electron chi connectivity index (χ4n) is 2.10. The molecule has 2 aromatic rings. The van der Waals surface area contributed by atoms with Crippen LogP contribution in [-0.2, 0) is 14.3 Å². The van der Waals surface area contributed by atoms with Crippen LogP contribution in [0.5, 0.6) is 0 Å². The van der Waals surface area contributed by atoms with E-state index in [1.807, 2.05) is 32.0 Å². The molecule has 2 amide bonds. The number of carbonyl (C=O) groups excluding carboxylic acids is 3. The van der Waals surface area contributed by atoms with Crippen molar-refractivity contribution < 1.29 is 19.1 Å². The monoisotopic (exact) mass is 394 g/mol. The number of halogens is 1. The summed E-state index contributed by atoms with van der Waals surface area (Å²) in [6.07, 6.45) is 0. The Morgan fingerprint density at radius 3 is 2.58 bits per heavy atom. The van der Waals surface area contributed by atoms with Crippen molar-refractivity contribution in [3.63, 3.8) is 0 Å². The van der Waals surface area contributed by atoms with Crippen molar-refractivity contribution in [3.05, 3.63) is 50.7 Å². The number of ether oxygens (including phenoxy) is 1. The van der Waals surface area contributed by atoms with Gasteiger partial charge in [0.25, 0.3) is 5.91 Å². The molecular weight excluding hydrogens is 376 g/mol. The summed E-state index contributed by atoms with van der Waals surface area (Å²) in [6, 6.07) is 8.84. The molecule has 1 N–H and O–H groups in total. The quantitative estimate of drug-likeness (QED) is 0.763. The first-order valence-corrected chi connectivity index (χ1v) is 8.99. The zero-order valence-corrected chi connectivity index (χ0v) is 16.2. The van der Waals surface area contributed by atoms with Gasteiger partial charge in [0, 0.05) is 12.7 Å². The second kappa shape index (κ2) is 8.82. The Morgan fingerprint density at radius 2 is 1.92 bits per heavy atom. The van der Waals surface area contributed by atoms with E-state index >= 15 is 0 Å². The van der Waals surface area contributed by atoms with Crippen molar-refractivity contribution in [1.82, 2.24) is 4.90 Å². The van der Waals surface area contributed by atoms with Crippen LogP contribution in [0.1, 0.15) is 20.8 Å². The lowest BCUT2D eigenvalue weighted by atomic mass is 10.1. The number of carbonyl (C=O) groups is 3. The summed E-state index contributed by atoms with van der Waals surface area (Å²) in [7, 11) is 1.47. The molecule has 1 aromatic heterocycles. The Morgan fingerprint density at radius 1 is 1.19 bits per heavy atom. The molecule has 6 nitrogen and oxygen atoms in total. The Kier molecular flexibility index (Phi) is 6.76. The molecule has 0 aliphatic rings. The second-order valence-corrected chi connectivity index (χ2v) is 7.51. The van der Waals surface area contributed by atoms with Crippen molar-refractivity contribution in [3.8, 4) is 0 Å². The molecule has 0 aliphatic carbocycles. The average Bonchev–Trinajstić information content (AvgIpc) is 3.02. The molecule has 0 atom stereocenters. The summed E-state index contributed by atoms with van der Waals surface area (Å²) >= 11 is 6.83. The first-order valence-electron chi connectivity index (χ1n) is 7.80. The van der Waals surface area contributed by atoms with E-state index in [-0.39, 0.29) is 12.5 Å². The van der Waals surface area contributed by atoms with E-state index in [1.165, 1.54) is 18.0 Å². The molecule has 1 aromatic carbocycles. The number of anilines is 1. The van der Waals surface area contributed by atoms with Gasteiger partial charge in [-0.15, -0.1) is 11.3 Å². The zero-order chi connectivity index (χ0) is 19.3. The highest BCUT2D eigenvalue weighted by atomic mass is 35.5. The van der Waals surface area contributed by atoms with E-state index in [0.29, 0.717) is 14.9 Å². The van der Waals surface area contributed by atoms with Crippen LogP contribution in [0.4, 0.5) is 5.69 Å². The van der Waals surface area contributed by atoms with Gasteiger partial charge in [0.05, 0.1) is 10.9 Å². The minimum atomic E-state index is -0.622. The van der Waals surface area contributed by atoms with Gasteiger partial charge < -0.3 is 15.0 Å². The first-order chi connectivity index (χ1) is 12.3. The molecule has 26 heavy (non-hydrogen) atoms. The van der Waals surface area contributed by atoms with Gasteiger partial charge in [-0.2, -0.15) is 0 Å². The zero-order valence-electron chi connectivity index (χ0n) is 14.7. The van der Waals surface area contributed by atoms with Gasteiger partial charge in [-0.25, -0.2) is 4.79 Å². The molecule has 8 heteroatoms. The van der Waals surface area contributed by atoms with Crippen molar-refractivity contribution in [1.29, 1.82) is 0 Å². The van der Waals surface area contributed by atoms with Gasteiger partial charge in [-0.1, -0.05) is 23.7 Å². The molecule has 0 bridgehead atoms. The van der Waals surface area contributed by atoms with E-state index < -0.39 is 18.5 Å². The third-order valence-corrected chi connectivity index (χ3v) is 4.79. The van der Waals surface area contributed by atoms with Crippen LogP contribution < -0.4 is 5.32 Å². The molecule has 0 saturated heterocycles. The van der Waals surface area contributed by atoms with Crippen LogP contribution in [0.15, 0.2) is 30.3 Å². The molecule has 0 spiro atoms. The van der Waals surface area contributed by atoms with Crippen LogP contribution in [-0.4, -0.2) is 42.9 Å². The van der Waals surface area contributed by atoms with Gasteiger partial charge >= 0.3 is 5.97 Å². The summed E-state index contributed by atoms with van der Waals surface area (Å²) in [5.74, 6) is -1.42. The fourth-order valence-corrected chi connectivity index (χ4v) is 3.03. The van der Waals surface area contributed by atoms with Gasteiger partial charge in [0.1, 0.15) is 4.88 Å². The maximum absolute atomic E-state index is 12.1. The highest BCUT2D eigenvalue weighted by Crippen LogP contribution is 2.22. The summed E-state index contributed by atoms with van der Waals surface area (Å²) in [5.41, 5.74) is 2.66. The highest BCUT2D eigenvalue weighted by Gasteiger charge is 2.17. The molecule has 0 aliphatic heterocycles. The van der Waals surface area contributed by atoms with Crippen molar-refractivity contribution in [2.45, 2.75) is 13.8 Å². The number of hydrogen-bond donors (Lipinski definition) is 1. The number of hydrogen-bond acceptors (Lipinski definition) is 5. The molecule has 0 saturated carbocycles. The number of nitrogens with zero attached hydrogens (tertiary/aromatic N) is 1. The highest BCUT2D eigenvalue weighted by molar-refractivity contribution is 7.17. The summed E-state index contributed by atoms with van der Waals surface area (Å²) in [6.45, 7) is 3.23. The number of nitrogens with one attached hydrogen (secondary N) is 1. The van der Waals surface area contributed by atoms with Crippen LogP contribution in [0.25, 0.3) is 0 Å². The summed E-state index contributed by atoms with van der Waals surface area (Å²) in [5, 5.41) is 2.78. The Labute approximate surface area is 160 Å². The van der Waals surface area contributed by atoms with Crippen LogP contribution in [0, 0.1) is 13.8 Å². The largest absolute Gasteiger partial charge is 0.451 e. The standard InChI is InChI=1S/C18H19ClN2O4S/c1-11-4-5-12(2)13(8-11)20-16(22)9-21(3)17(23)10-25-18(24)14-6-7-15(19)26-14/h4-8H,9-10H2,1-3H3,(H,20,22). The molecular formula is C18H19ClN2O4S. The third-order valence-electron chi connectivity index (χ3n) is 3.57. The predicted octanol–water partition coefficient (Wildman–Crippen LogP) is 3.27. The average molecular weight is 395 g/mol. The SMILES string of the molecule is Cc1ccc(C)c(NC(=O)CN(C)C(=O)COC(=O)c2ccc(Cl)s2)c1. The number of esters is 1. The maximum Gasteiger partial charge on any atom is 0.348 e. The van der Waals surface area contributed by atoms with E-state index in [2.05, 4.69) is 5.32 Å². The third kappa shape index (κ3) is 5.57. The summed E-state index contributed by atoms with van der Waals surface area (Å²) < 4.78 is 5.41. The normalized spacial score (nSPS) is 10.3.